The Morgan fingerprint density at radius 2 is 1.12 bits per heavy atom. The quantitative estimate of drug-likeness (QED) is 0.405. The summed E-state index contributed by atoms with van der Waals surface area (Å²) in [6.07, 6.45) is 4.22. The lowest BCUT2D eigenvalue weighted by Crippen LogP contribution is -3.12. The number of nitrogens with zero attached hydrogens (tertiary/aromatic N) is 2. The van der Waals surface area contributed by atoms with Crippen molar-refractivity contribution in [2.24, 2.45) is 0 Å². The molecule has 1 aromatic rings. The summed E-state index contributed by atoms with van der Waals surface area (Å²) in [7, 11) is 3.14. The molecule has 2 heterocycles. The zero-order valence-corrected chi connectivity index (χ0v) is 22.9. The molecule has 9 nitrogen and oxygen atoms in total. The summed E-state index contributed by atoms with van der Waals surface area (Å²) in [6.45, 7) is 9.83. The van der Waals surface area contributed by atoms with Gasteiger partial charge in [0.05, 0.1) is 31.1 Å². The molecule has 4 unspecified atom stereocenters. The van der Waals surface area contributed by atoms with Crippen LogP contribution in [-0.4, -0.2) is 75.1 Å². The fourth-order valence-electron chi connectivity index (χ4n) is 3.14. The van der Waals surface area contributed by atoms with Crippen LogP contribution in [0.1, 0.15) is 33.3 Å². The van der Waals surface area contributed by atoms with Crippen LogP contribution < -0.4 is 22.2 Å². The number of aryl methyl sites for hydroxylation is 1. The zero-order chi connectivity index (χ0) is 25.7. The largest absolute Gasteiger partial charge is 1.00 e. The van der Waals surface area contributed by atoms with Crippen molar-refractivity contribution in [2.45, 2.75) is 51.6 Å². The second kappa shape index (κ2) is 13.0. The molecule has 2 aliphatic rings. The molecule has 0 radical (unpaired) electrons. The van der Waals surface area contributed by atoms with Crippen LogP contribution in [0.25, 0.3) is 0 Å². The second-order valence-electron chi connectivity index (χ2n) is 8.53. The summed E-state index contributed by atoms with van der Waals surface area (Å²) < 4.78 is 31.2. The number of hydrogen-bond acceptors (Lipinski definition) is 5. The van der Waals surface area contributed by atoms with Gasteiger partial charge in [-0.15, -0.1) is 0 Å². The highest BCUT2D eigenvalue weighted by Crippen LogP contribution is 2.08. The number of carbonyl (C=O) groups is 2. The lowest BCUT2D eigenvalue weighted by atomic mass is 10.2. The number of benzene rings is 1. The van der Waals surface area contributed by atoms with E-state index in [-0.39, 0.29) is 41.4 Å². The molecular weight excluding hydrogens is 480 g/mol. The maximum absolute atomic E-state index is 11.4. The highest BCUT2D eigenvalue weighted by molar-refractivity contribution is 7.85. The minimum absolute atomic E-state index is 0. The van der Waals surface area contributed by atoms with Crippen molar-refractivity contribution < 1.29 is 44.8 Å². The van der Waals surface area contributed by atoms with E-state index in [4.69, 9.17) is 0 Å². The fourth-order valence-corrected chi connectivity index (χ4v) is 3.61. The van der Waals surface area contributed by atoms with Crippen LogP contribution in [0.3, 0.4) is 0 Å². The molecule has 4 amide bonds. The normalized spacial score (nSPS) is 24.5. The standard InChI is InChI=1S/2C8H14N2O.C7H8O3S.ClH/c2*1-6-5-7(2)10(4)8(11)9(6)3;1-6-2-4-7(5-3-6)11(8,9)10;/h2*5-6H,1-4H3;2-5H,1H3,(H,8,9,10);1H. The minimum atomic E-state index is -4.27. The summed E-state index contributed by atoms with van der Waals surface area (Å²) in [5.41, 5.74) is 3.15. The minimum Gasteiger partial charge on any atom is -1.00 e. The lowest BCUT2D eigenvalue weighted by Gasteiger charge is -2.28. The average Bonchev–Trinajstić information content (AvgIpc) is 2.74. The lowest BCUT2D eigenvalue weighted by molar-refractivity contribution is -0.756. The van der Waals surface area contributed by atoms with Crippen molar-refractivity contribution in [3.63, 3.8) is 0 Å². The van der Waals surface area contributed by atoms with E-state index in [9.17, 15) is 22.6 Å². The van der Waals surface area contributed by atoms with Crippen LogP contribution in [0.5, 0.6) is 0 Å². The van der Waals surface area contributed by atoms with Gasteiger partial charge in [-0.1, -0.05) is 17.7 Å². The Balaban J connectivity index is 0.000000473. The van der Waals surface area contributed by atoms with Crippen LogP contribution in [0.15, 0.2) is 52.7 Å². The van der Waals surface area contributed by atoms with Crippen molar-refractivity contribution in [2.75, 3.05) is 28.2 Å². The van der Waals surface area contributed by atoms with Crippen LogP contribution in [0.4, 0.5) is 9.59 Å². The topological polar surface area (TPSA) is 107 Å². The number of urea groups is 2. The van der Waals surface area contributed by atoms with E-state index >= 15 is 0 Å². The third-order valence-electron chi connectivity index (χ3n) is 5.98. The van der Waals surface area contributed by atoms with Gasteiger partial charge in [-0.2, -0.15) is 0 Å². The van der Waals surface area contributed by atoms with Crippen LogP contribution in [-0.2, 0) is 10.1 Å². The molecule has 3 rings (SSSR count). The van der Waals surface area contributed by atoms with Gasteiger partial charge in [0.2, 0.25) is 0 Å². The van der Waals surface area contributed by atoms with Gasteiger partial charge in [-0.25, -0.2) is 27.8 Å². The number of carbonyl (C=O) groups excluding carboxylic acids is 2. The van der Waals surface area contributed by atoms with Crippen molar-refractivity contribution in [1.82, 2.24) is 9.80 Å². The SMILES string of the molecule is CC1=CC(C)N(C)C(=O)[NH+]1C.CC1=CC(C)N(C)C(=O)[NH+]1C.Cc1ccc(S(=O)(=O)[O-])cc1.[Cl-]. The Labute approximate surface area is 209 Å². The molecule has 0 bridgehead atoms. The molecule has 0 spiro atoms. The maximum atomic E-state index is 11.4. The molecule has 192 valence electrons. The van der Waals surface area contributed by atoms with Crippen molar-refractivity contribution in [1.29, 1.82) is 0 Å². The molecule has 0 saturated carbocycles. The molecular formula is C23H37ClN4O5S. The first-order valence-corrected chi connectivity index (χ1v) is 12.1. The first-order chi connectivity index (χ1) is 15.1. The summed E-state index contributed by atoms with van der Waals surface area (Å²) in [5.74, 6) is 0. The number of allylic oxidation sites excluding steroid dienone is 2. The van der Waals surface area contributed by atoms with Gasteiger partial charge in [-0.05, 0) is 45.1 Å². The summed E-state index contributed by atoms with van der Waals surface area (Å²) >= 11 is 0. The third-order valence-corrected chi connectivity index (χ3v) is 6.83. The first kappa shape index (κ1) is 31.8. The molecule has 4 atom stereocenters. The summed E-state index contributed by atoms with van der Waals surface area (Å²) in [4.78, 5) is 27.8. The molecule has 0 aromatic heterocycles. The number of nitrogens with one attached hydrogen (secondary N) is 2. The van der Waals surface area contributed by atoms with Gasteiger partial charge >= 0.3 is 12.1 Å². The molecule has 0 fully saturated rings. The molecule has 2 aliphatic heterocycles. The number of halogens is 1. The van der Waals surface area contributed by atoms with Gasteiger partial charge in [0.1, 0.15) is 21.5 Å². The van der Waals surface area contributed by atoms with Crippen LogP contribution in [0, 0.1) is 6.92 Å². The monoisotopic (exact) mass is 516 g/mol. The number of quaternary nitrogens is 2. The zero-order valence-electron chi connectivity index (χ0n) is 21.3. The Bertz CT molecular complexity index is 978. The van der Waals surface area contributed by atoms with E-state index in [1.165, 1.54) is 12.1 Å². The molecule has 0 saturated heterocycles. The van der Waals surface area contributed by atoms with E-state index in [0.717, 1.165) is 26.8 Å². The van der Waals surface area contributed by atoms with Gasteiger partial charge in [0.25, 0.3) is 0 Å². The Hall–Kier alpha value is -2.24. The Kier molecular flexibility index (Phi) is 12.2. The predicted octanol–water partition coefficient (Wildman–Crippen LogP) is -2.38. The van der Waals surface area contributed by atoms with Gasteiger partial charge in [-0.3, -0.25) is 9.80 Å². The average molecular weight is 517 g/mol. The Morgan fingerprint density at radius 3 is 1.41 bits per heavy atom. The molecule has 2 N–H and O–H groups in total. The molecule has 0 aliphatic carbocycles. The number of amides is 4. The van der Waals surface area contributed by atoms with Crippen molar-refractivity contribution in [3.8, 4) is 0 Å². The molecule has 11 heteroatoms. The highest BCUT2D eigenvalue weighted by Gasteiger charge is 2.30. The first-order valence-electron chi connectivity index (χ1n) is 10.7. The molecule has 1 aromatic carbocycles. The van der Waals surface area contributed by atoms with E-state index in [1.807, 2.05) is 62.8 Å². The summed E-state index contributed by atoms with van der Waals surface area (Å²) in [6, 6.07) is 6.57. The van der Waals surface area contributed by atoms with Gasteiger partial charge < -0.3 is 17.0 Å². The number of rotatable bonds is 1. The van der Waals surface area contributed by atoms with E-state index in [0.29, 0.717) is 0 Å². The van der Waals surface area contributed by atoms with Crippen LogP contribution >= 0.6 is 0 Å². The van der Waals surface area contributed by atoms with E-state index in [2.05, 4.69) is 12.2 Å². The predicted molar refractivity (Wildman–Crippen MR) is 126 cm³/mol. The number of hydrogen-bond donors (Lipinski definition) is 2. The van der Waals surface area contributed by atoms with Gasteiger partial charge in [0.15, 0.2) is 0 Å². The third kappa shape index (κ3) is 8.52. The van der Waals surface area contributed by atoms with Crippen molar-refractivity contribution >= 4 is 22.2 Å². The van der Waals surface area contributed by atoms with E-state index in [1.54, 1.807) is 21.9 Å². The van der Waals surface area contributed by atoms with E-state index < -0.39 is 10.1 Å². The fraction of sp³-hybridized carbons (Fsp3) is 0.478. The summed E-state index contributed by atoms with van der Waals surface area (Å²) in [5, 5.41) is 0. The molecule has 34 heavy (non-hydrogen) atoms. The van der Waals surface area contributed by atoms with Crippen LogP contribution in [0.2, 0.25) is 0 Å². The highest BCUT2D eigenvalue weighted by atomic mass is 35.5. The maximum Gasteiger partial charge on any atom is 0.422 e. The second-order valence-corrected chi connectivity index (χ2v) is 9.91. The van der Waals surface area contributed by atoms with Crippen molar-refractivity contribution in [3.05, 3.63) is 53.4 Å². The number of likely N-dealkylation sites (N-methyl/N-ethyl adjacent to an activating group) is 2. The Morgan fingerprint density at radius 1 is 0.794 bits per heavy atom. The smallest absolute Gasteiger partial charge is 0.422 e. The van der Waals surface area contributed by atoms with Gasteiger partial charge in [0, 0.05) is 27.9 Å².